The lowest BCUT2D eigenvalue weighted by Crippen LogP contribution is -2.12. The van der Waals surface area contributed by atoms with Crippen molar-refractivity contribution in [2.45, 2.75) is 13.0 Å². The van der Waals surface area contributed by atoms with Gasteiger partial charge in [0.05, 0.1) is 5.56 Å². The minimum absolute atomic E-state index is 0.151. The van der Waals surface area contributed by atoms with Crippen LogP contribution in [-0.2, 0) is 13.0 Å². The van der Waals surface area contributed by atoms with E-state index in [1.807, 2.05) is 24.3 Å². The molecule has 2 N–H and O–H groups in total. The minimum atomic E-state index is -1.03. The molecule has 26 heavy (non-hydrogen) atoms. The molecular formula is C19H16BrNO4S. The summed E-state index contributed by atoms with van der Waals surface area (Å²) >= 11 is 7.58. The van der Waals surface area contributed by atoms with Crippen molar-refractivity contribution < 1.29 is 19.8 Å². The van der Waals surface area contributed by atoms with Gasteiger partial charge in [-0.15, -0.1) is 0 Å². The van der Waals surface area contributed by atoms with E-state index in [4.69, 9.17) is 0 Å². The van der Waals surface area contributed by atoms with E-state index in [-0.39, 0.29) is 17.8 Å². The van der Waals surface area contributed by atoms with E-state index in [9.17, 15) is 19.8 Å². The summed E-state index contributed by atoms with van der Waals surface area (Å²) in [4.78, 5) is 23.3. The van der Waals surface area contributed by atoms with Crippen LogP contribution in [0.15, 0.2) is 46.9 Å². The number of fused-ring (bicyclic) bond motifs is 1. The number of hydrogen-bond donors (Lipinski definition) is 3. The number of benzene rings is 2. The second-order valence-corrected chi connectivity index (χ2v) is 7.23. The summed E-state index contributed by atoms with van der Waals surface area (Å²) in [6, 6.07) is 12.4. The van der Waals surface area contributed by atoms with Gasteiger partial charge in [-0.05, 0) is 47.6 Å². The third-order valence-corrected chi connectivity index (χ3v) is 4.87. The van der Waals surface area contributed by atoms with Crippen LogP contribution in [0, 0.1) is 0 Å². The van der Waals surface area contributed by atoms with Gasteiger partial charge in [0.15, 0.2) is 0 Å². The maximum absolute atomic E-state index is 12.0. The zero-order valence-electron chi connectivity index (χ0n) is 13.6. The molecule has 0 saturated carbocycles. The van der Waals surface area contributed by atoms with Crippen molar-refractivity contribution >= 4 is 51.4 Å². The second-order valence-electron chi connectivity index (χ2n) is 5.86. The van der Waals surface area contributed by atoms with Crippen molar-refractivity contribution in [3.8, 4) is 0 Å². The zero-order chi connectivity index (χ0) is 18.8. The van der Waals surface area contributed by atoms with Gasteiger partial charge in [-0.25, -0.2) is 9.59 Å². The summed E-state index contributed by atoms with van der Waals surface area (Å²) in [6.07, 6.45) is 0.539. The third kappa shape index (κ3) is 3.50. The van der Waals surface area contributed by atoms with E-state index in [0.717, 1.165) is 16.5 Å². The fourth-order valence-corrected chi connectivity index (χ4v) is 3.96. The van der Waals surface area contributed by atoms with Crippen molar-refractivity contribution in [2.24, 2.45) is 0 Å². The van der Waals surface area contributed by atoms with Gasteiger partial charge >= 0.3 is 11.9 Å². The van der Waals surface area contributed by atoms with Crippen LogP contribution in [0.4, 0.5) is 0 Å². The third-order valence-electron chi connectivity index (χ3n) is 4.19. The molecule has 0 aliphatic heterocycles. The summed E-state index contributed by atoms with van der Waals surface area (Å²) < 4.78 is 2.36. The van der Waals surface area contributed by atoms with Crippen LogP contribution in [0.3, 0.4) is 0 Å². The van der Waals surface area contributed by atoms with Crippen molar-refractivity contribution in [2.75, 3.05) is 5.75 Å². The first-order chi connectivity index (χ1) is 12.4. The number of nitrogens with zero attached hydrogens (tertiary/aromatic N) is 1. The number of para-hydroxylation sites is 1. The highest BCUT2D eigenvalue weighted by atomic mass is 79.9. The van der Waals surface area contributed by atoms with Gasteiger partial charge in [-0.1, -0.05) is 34.1 Å². The molecule has 3 rings (SSSR count). The lowest BCUT2D eigenvalue weighted by Gasteiger charge is -2.11. The van der Waals surface area contributed by atoms with Crippen LogP contribution >= 0.6 is 28.6 Å². The van der Waals surface area contributed by atoms with Gasteiger partial charge in [0.25, 0.3) is 0 Å². The normalized spacial score (nSPS) is 11.0. The number of rotatable bonds is 6. The first kappa shape index (κ1) is 18.5. The topological polar surface area (TPSA) is 79.5 Å². The lowest BCUT2D eigenvalue weighted by molar-refractivity contribution is 0.0677. The highest BCUT2D eigenvalue weighted by Gasteiger charge is 2.22. The Morgan fingerprint density at radius 1 is 1.08 bits per heavy atom. The first-order valence-corrected chi connectivity index (χ1v) is 9.32. The lowest BCUT2D eigenvalue weighted by atomic mass is 10.1. The molecule has 2 aromatic carbocycles. The standard InChI is InChI=1S/C19H16BrNO4S/c20-13-8-11(7-12(9-13)18(22)23)10-21-16-4-2-1-3-14(16)15(5-6-26)17(21)19(24)25/h1-4,7-9,26H,5-6,10H2,(H,22,23)(H,24,25). The van der Waals surface area contributed by atoms with E-state index >= 15 is 0 Å². The maximum atomic E-state index is 12.0. The van der Waals surface area contributed by atoms with E-state index in [1.165, 1.54) is 6.07 Å². The SMILES string of the molecule is O=C(O)c1cc(Br)cc(Cn2c(C(=O)O)c(CCS)c3ccccc32)c1. The summed E-state index contributed by atoms with van der Waals surface area (Å²) in [5.74, 6) is -1.50. The van der Waals surface area contributed by atoms with Crippen LogP contribution in [0.2, 0.25) is 0 Å². The molecule has 0 aliphatic carbocycles. The Morgan fingerprint density at radius 2 is 1.81 bits per heavy atom. The largest absolute Gasteiger partial charge is 0.478 e. The molecule has 5 nitrogen and oxygen atoms in total. The van der Waals surface area contributed by atoms with Gasteiger partial charge in [0.2, 0.25) is 0 Å². The summed E-state index contributed by atoms with van der Waals surface area (Å²) in [5.41, 5.74) is 2.63. The number of carboxylic acid groups (broad SMARTS) is 2. The fourth-order valence-electron chi connectivity index (χ4n) is 3.20. The molecule has 0 radical (unpaired) electrons. The number of aromatic carboxylic acids is 2. The van der Waals surface area contributed by atoms with Crippen molar-refractivity contribution in [3.05, 3.63) is 69.3 Å². The minimum Gasteiger partial charge on any atom is -0.478 e. The van der Waals surface area contributed by atoms with Gasteiger partial charge in [0.1, 0.15) is 5.69 Å². The molecule has 0 bridgehead atoms. The maximum Gasteiger partial charge on any atom is 0.352 e. The molecule has 0 unspecified atom stereocenters. The Morgan fingerprint density at radius 3 is 2.46 bits per heavy atom. The Hall–Kier alpha value is -2.25. The summed E-state index contributed by atoms with van der Waals surface area (Å²) in [6.45, 7) is 0.258. The summed E-state index contributed by atoms with van der Waals surface area (Å²) in [7, 11) is 0. The molecule has 0 atom stereocenters. The first-order valence-electron chi connectivity index (χ1n) is 7.89. The Bertz CT molecular complexity index is 1010. The molecule has 1 aromatic heterocycles. The monoisotopic (exact) mass is 433 g/mol. The van der Waals surface area contributed by atoms with E-state index in [2.05, 4.69) is 28.6 Å². The van der Waals surface area contributed by atoms with Gasteiger partial charge in [0, 0.05) is 21.9 Å². The molecule has 0 fully saturated rings. The van der Waals surface area contributed by atoms with Gasteiger partial charge in [-0.2, -0.15) is 12.6 Å². The molecule has 1 heterocycles. The fraction of sp³-hybridized carbons (Fsp3) is 0.158. The van der Waals surface area contributed by atoms with Crippen LogP contribution in [0.1, 0.15) is 32.0 Å². The van der Waals surface area contributed by atoms with Crippen LogP contribution < -0.4 is 0 Å². The molecule has 0 saturated heterocycles. The molecule has 0 amide bonds. The Kier molecular flexibility index (Phi) is 5.38. The quantitative estimate of drug-likeness (QED) is 0.505. The van der Waals surface area contributed by atoms with Gasteiger partial charge < -0.3 is 14.8 Å². The highest BCUT2D eigenvalue weighted by molar-refractivity contribution is 9.10. The molecule has 0 spiro atoms. The number of hydrogen-bond acceptors (Lipinski definition) is 3. The van der Waals surface area contributed by atoms with E-state index in [1.54, 1.807) is 16.7 Å². The zero-order valence-corrected chi connectivity index (χ0v) is 16.1. The van der Waals surface area contributed by atoms with E-state index < -0.39 is 11.9 Å². The van der Waals surface area contributed by atoms with Crippen molar-refractivity contribution in [1.29, 1.82) is 0 Å². The predicted octanol–water partition coefficient (Wildman–Crippen LogP) is 4.32. The molecule has 134 valence electrons. The average molecular weight is 434 g/mol. The van der Waals surface area contributed by atoms with Gasteiger partial charge in [-0.3, -0.25) is 0 Å². The van der Waals surface area contributed by atoms with Crippen LogP contribution in [-0.4, -0.2) is 32.5 Å². The van der Waals surface area contributed by atoms with Crippen molar-refractivity contribution in [3.63, 3.8) is 0 Å². The van der Waals surface area contributed by atoms with E-state index in [0.29, 0.717) is 22.2 Å². The molecule has 7 heteroatoms. The number of aromatic nitrogens is 1. The smallest absolute Gasteiger partial charge is 0.352 e. The number of carbonyl (C=O) groups is 2. The molecule has 0 aliphatic rings. The predicted molar refractivity (Wildman–Crippen MR) is 107 cm³/mol. The number of carboxylic acids is 2. The average Bonchev–Trinajstić information content (AvgIpc) is 2.89. The molecule has 3 aromatic rings. The van der Waals surface area contributed by atoms with Crippen LogP contribution in [0.5, 0.6) is 0 Å². The number of aryl methyl sites for hydroxylation is 1. The summed E-state index contributed by atoms with van der Waals surface area (Å²) in [5, 5.41) is 19.9. The Balaban J connectivity index is 2.20. The number of halogens is 1. The Labute approximate surface area is 163 Å². The second kappa shape index (κ2) is 7.55. The van der Waals surface area contributed by atoms with Crippen molar-refractivity contribution in [1.82, 2.24) is 4.57 Å². The molecular weight excluding hydrogens is 418 g/mol. The van der Waals surface area contributed by atoms with Crippen LogP contribution in [0.25, 0.3) is 10.9 Å². The number of thiol groups is 1. The highest BCUT2D eigenvalue weighted by Crippen LogP contribution is 2.29.